The molecule has 1 aliphatic heterocycles. The average molecular weight is 388 g/mol. The van der Waals surface area contributed by atoms with E-state index in [9.17, 15) is 31.2 Å². The molecule has 0 saturated carbocycles. The number of imide groups is 1. The van der Waals surface area contributed by atoms with Crippen molar-refractivity contribution in [2.45, 2.75) is 36.1 Å². The van der Waals surface area contributed by atoms with Crippen LogP contribution in [0.4, 0.5) is 23.1 Å². The van der Waals surface area contributed by atoms with Crippen molar-refractivity contribution in [1.82, 2.24) is 25.1 Å². The summed E-state index contributed by atoms with van der Waals surface area (Å²) in [6.45, 7) is 2.59. The molecule has 10 nitrogen and oxygen atoms in total. The van der Waals surface area contributed by atoms with Gasteiger partial charge >= 0.3 is 12.2 Å². The third kappa shape index (κ3) is 2.78. The van der Waals surface area contributed by atoms with Crippen molar-refractivity contribution in [3.05, 3.63) is 0 Å². The van der Waals surface area contributed by atoms with Gasteiger partial charge in [-0.2, -0.15) is 17.9 Å². The molecule has 24 heavy (non-hydrogen) atoms. The van der Waals surface area contributed by atoms with Crippen LogP contribution in [0.5, 0.6) is 0 Å². The van der Waals surface area contributed by atoms with Crippen LogP contribution in [0, 0.1) is 0 Å². The number of halogens is 3. The van der Waals surface area contributed by atoms with Crippen LogP contribution in [-0.2, 0) is 14.8 Å². The maximum atomic E-state index is 13.5. The predicted molar refractivity (Wildman–Crippen MR) is 73.9 cm³/mol. The van der Waals surface area contributed by atoms with Gasteiger partial charge in [0.25, 0.3) is 21.6 Å². The summed E-state index contributed by atoms with van der Waals surface area (Å²) in [6.07, 6.45) is -5.45. The van der Waals surface area contributed by atoms with Crippen molar-refractivity contribution < 1.29 is 31.2 Å². The molecule has 1 unspecified atom stereocenters. The van der Waals surface area contributed by atoms with Gasteiger partial charge in [-0.1, -0.05) is 11.3 Å². The number of nitrogens with one attached hydrogen (secondary N) is 2. The Morgan fingerprint density at radius 1 is 1.33 bits per heavy atom. The van der Waals surface area contributed by atoms with Crippen molar-refractivity contribution in [2.24, 2.45) is 0 Å². The monoisotopic (exact) mass is 388 g/mol. The van der Waals surface area contributed by atoms with Crippen molar-refractivity contribution in [1.29, 1.82) is 0 Å². The van der Waals surface area contributed by atoms with Gasteiger partial charge in [0, 0.05) is 6.04 Å². The van der Waals surface area contributed by atoms with E-state index >= 15 is 0 Å². The quantitative estimate of drug-likeness (QED) is 0.596. The first-order valence-corrected chi connectivity index (χ1v) is 8.47. The fourth-order valence-electron chi connectivity index (χ4n) is 1.91. The van der Waals surface area contributed by atoms with E-state index < -0.39 is 44.2 Å². The number of nitrogen functional groups attached to an aromatic ring is 1. The highest BCUT2D eigenvalue weighted by atomic mass is 32.2. The molecule has 134 valence electrons. The van der Waals surface area contributed by atoms with Crippen LogP contribution in [0.2, 0.25) is 0 Å². The molecular formula is C9H11F3N6O4S2. The first kappa shape index (κ1) is 18.3. The second-order valence-corrected chi connectivity index (χ2v) is 7.82. The Balaban J connectivity index is 2.52. The average Bonchev–Trinajstić information content (AvgIpc) is 2.92. The van der Waals surface area contributed by atoms with E-state index in [1.807, 2.05) is 0 Å². The van der Waals surface area contributed by atoms with Gasteiger partial charge in [0.15, 0.2) is 0 Å². The molecule has 0 radical (unpaired) electrons. The zero-order valence-electron chi connectivity index (χ0n) is 12.1. The van der Waals surface area contributed by atoms with Gasteiger partial charge in [-0.25, -0.2) is 13.2 Å². The number of sulfonamides is 1. The van der Waals surface area contributed by atoms with E-state index in [0.717, 1.165) is 0 Å². The van der Waals surface area contributed by atoms with Crippen LogP contribution in [0.25, 0.3) is 0 Å². The molecule has 1 saturated heterocycles. The van der Waals surface area contributed by atoms with Gasteiger partial charge in [0.05, 0.1) is 0 Å². The third-order valence-electron chi connectivity index (χ3n) is 2.93. The SMILES string of the molecule is CC(C)N1C(=O)NC(NS(=O)(=O)c2nnc(N)s2)(C(F)(F)F)C1=O. The summed E-state index contributed by atoms with van der Waals surface area (Å²) in [4.78, 5) is 24.2. The van der Waals surface area contributed by atoms with Crippen molar-refractivity contribution in [3.8, 4) is 0 Å². The van der Waals surface area contributed by atoms with Crippen molar-refractivity contribution >= 4 is 38.4 Å². The van der Waals surface area contributed by atoms with E-state index in [0.29, 0.717) is 11.3 Å². The number of nitrogens with two attached hydrogens (primary N) is 1. The van der Waals surface area contributed by atoms with Crippen LogP contribution < -0.4 is 15.8 Å². The molecule has 15 heteroatoms. The molecule has 2 rings (SSSR count). The zero-order valence-corrected chi connectivity index (χ0v) is 13.7. The highest BCUT2D eigenvalue weighted by molar-refractivity contribution is 7.91. The van der Waals surface area contributed by atoms with Gasteiger partial charge in [-0.15, -0.1) is 10.2 Å². The second-order valence-electron chi connectivity index (χ2n) is 4.96. The maximum absolute atomic E-state index is 13.5. The number of hydrogen-bond donors (Lipinski definition) is 3. The Hall–Kier alpha value is -2.00. The van der Waals surface area contributed by atoms with E-state index in [1.165, 1.54) is 23.9 Å². The number of amides is 3. The highest BCUT2D eigenvalue weighted by Crippen LogP contribution is 2.36. The predicted octanol–water partition coefficient (Wildman–Crippen LogP) is -0.383. The lowest BCUT2D eigenvalue weighted by Gasteiger charge is -2.29. The molecule has 1 aromatic rings. The molecule has 4 N–H and O–H groups in total. The van der Waals surface area contributed by atoms with Gasteiger partial charge in [-0.05, 0) is 13.8 Å². The molecule has 1 fully saturated rings. The van der Waals surface area contributed by atoms with Gasteiger partial charge in [0.1, 0.15) is 0 Å². The van der Waals surface area contributed by atoms with E-state index in [4.69, 9.17) is 5.73 Å². The summed E-state index contributed by atoms with van der Waals surface area (Å²) < 4.78 is 64.9. The Labute approximate surface area is 137 Å². The molecule has 3 amide bonds. The van der Waals surface area contributed by atoms with E-state index in [2.05, 4.69) is 10.2 Å². The first-order chi connectivity index (χ1) is 10.8. The van der Waals surface area contributed by atoms with Gasteiger partial charge in [0.2, 0.25) is 9.47 Å². The normalized spacial score (nSPS) is 22.3. The minimum atomic E-state index is -5.45. The maximum Gasteiger partial charge on any atom is 0.435 e. The lowest BCUT2D eigenvalue weighted by atomic mass is 10.1. The lowest BCUT2D eigenvalue weighted by molar-refractivity contribution is -0.198. The number of carbonyl (C=O) groups excluding carboxylic acids is 2. The number of nitrogens with zero attached hydrogens (tertiary/aromatic N) is 3. The molecular weight excluding hydrogens is 377 g/mol. The van der Waals surface area contributed by atoms with Crippen molar-refractivity contribution in [3.63, 3.8) is 0 Å². The summed E-state index contributed by atoms with van der Waals surface area (Å²) in [7, 11) is -4.94. The van der Waals surface area contributed by atoms with Gasteiger partial charge < -0.3 is 11.1 Å². The summed E-state index contributed by atoms with van der Waals surface area (Å²) in [5.74, 6) is -1.80. The molecule has 0 spiro atoms. The Morgan fingerprint density at radius 2 is 1.92 bits per heavy atom. The van der Waals surface area contributed by atoms with Crippen LogP contribution in [0.15, 0.2) is 4.34 Å². The lowest BCUT2D eigenvalue weighted by Crippen LogP contribution is -2.69. The Morgan fingerprint density at radius 3 is 2.29 bits per heavy atom. The number of anilines is 1. The number of aromatic nitrogens is 2. The standard InChI is InChI=1S/C9H11F3N6O4S2/c1-3(2)18-4(19)8(9(10,11)12,14-6(18)20)17-24(21,22)7-16-15-5(13)23-7/h3,17H,1-2H3,(H2,13,15)(H,14,20). The number of hydrogen-bond acceptors (Lipinski definition) is 8. The van der Waals surface area contributed by atoms with Crippen LogP contribution >= 0.6 is 11.3 Å². The minimum absolute atomic E-state index is 0.268. The molecule has 1 aliphatic rings. The van der Waals surface area contributed by atoms with Crippen LogP contribution in [0.3, 0.4) is 0 Å². The molecule has 2 heterocycles. The zero-order chi connectivity index (χ0) is 18.5. The summed E-state index contributed by atoms with van der Waals surface area (Å²) in [5.41, 5.74) is 1.36. The summed E-state index contributed by atoms with van der Waals surface area (Å²) >= 11 is 0.297. The van der Waals surface area contributed by atoms with E-state index in [-0.39, 0.29) is 10.0 Å². The fourth-order valence-corrected chi connectivity index (χ4v) is 3.96. The Kier molecular flexibility index (Phi) is 4.22. The molecule has 0 aliphatic carbocycles. The molecule has 0 aromatic carbocycles. The highest BCUT2D eigenvalue weighted by Gasteiger charge is 2.70. The topological polar surface area (TPSA) is 147 Å². The number of carbonyl (C=O) groups is 2. The van der Waals surface area contributed by atoms with Crippen LogP contribution in [-0.4, -0.2) is 53.3 Å². The number of rotatable bonds is 4. The van der Waals surface area contributed by atoms with E-state index in [1.54, 1.807) is 0 Å². The Bertz CT molecular complexity index is 791. The van der Waals surface area contributed by atoms with Crippen molar-refractivity contribution in [2.75, 3.05) is 5.73 Å². The second kappa shape index (κ2) is 5.52. The minimum Gasteiger partial charge on any atom is -0.374 e. The number of urea groups is 1. The number of alkyl halides is 3. The summed E-state index contributed by atoms with van der Waals surface area (Å²) in [6, 6.07) is -2.31. The largest absolute Gasteiger partial charge is 0.435 e. The van der Waals surface area contributed by atoms with Gasteiger partial charge in [-0.3, -0.25) is 9.69 Å². The summed E-state index contributed by atoms with van der Waals surface area (Å²) in [5, 5.41) is 7.38. The molecule has 0 bridgehead atoms. The molecule has 1 atom stereocenters. The third-order valence-corrected chi connectivity index (χ3v) is 5.51. The fraction of sp³-hybridized carbons (Fsp3) is 0.556. The van der Waals surface area contributed by atoms with Crippen LogP contribution in [0.1, 0.15) is 13.8 Å². The smallest absolute Gasteiger partial charge is 0.374 e. The first-order valence-electron chi connectivity index (χ1n) is 6.17. The molecule has 1 aromatic heterocycles.